The van der Waals surface area contributed by atoms with Gasteiger partial charge in [0.05, 0.1) is 32.3 Å². The van der Waals surface area contributed by atoms with Gasteiger partial charge in [-0.05, 0) is 31.7 Å². The molecule has 166 valence electrons. The van der Waals surface area contributed by atoms with Crippen LogP contribution in [0.1, 0.15) is 45.1 Å². The van der Waals surface area contributed by atoms with Crippen molar-refractivity contribution in [3.05, 3.63) is 52.4 Å². The Hall–Kier alpha value is -3.09. The lowest BCUT2D eigenvalue weighted by Crippen LogP contribution is -2.43. The van der Waals surface area contributed by atoms with Gasteiger partial charge in [0.25, 0.3) is 0 Å². The summed E-state index contributed by atoms with van der Waals surface area (Å²) in [6.07, 6.45) is 1.17. The highest BCUT2D eigenvalue weighted by Gasteiger charge is 2.47. The van der Waals surface area contributed by atoms with Crippen LogP contribution in [0.2, 0.25) is 0 Å². The molecule has 1 aliphatic heterocycles. The molecule has 1 aromatic carbocycles. The van der Waals surface area contributed by atoms with Crippen LogP contribution in [0.15, 0.2) is 46.8 Å². The van der Waals surface area contributed by atoms with Crippen molar-refractivity contribution < 1.29 is 28.6 Å². The predicted octanol–water partition coefficient (Wildman–Crippen LogP) is 3.26. The molecule has 3 atom stereocenters. The Morgan fingerprint density at radius 2 is 1.90 bits per heavy atom. The van der Waals surface area contributed by atoms with Crippen molar-refractivity contribution in [1.29, 1.82) is 0 Å². The third kappa shape index (κ3) is 4.09. The average Bonchev–Trinajstić information content (AvgIpc) is 2.76. The summed E-state index contributed by atoms with van der Waals surface area (Å²) in [5.74, 6) is -2.70. The van der Waals surface area contributed by atoms with Crippen LogP contribution in [0.5, 0.6) is 5.75 Å². The number of methoxy groups -OCH3 is 2. The summed E-state index contributed by atoms with van der Waals surface area (Å²) in [6.45, 7) is 5.85. The van der Waals surface area contributed by atoms with E-state index in [0.717, 1.165) is 5.70 Å². The van der Waals surface area contributed by atoms with E-state index < -0.39 is 23.8 Å². The Bertz CT molecular complexity index is 961. The number of nitrogens with one attached hydrogen (secondary N) is 1. The van der Waals surface area contributed by atoms with Crippen LogP contribution in [0.25, 0.3) is 0 Å². The summed E-state index contributed by atoms with van der Waals surface area (Å²) >= 11 is 0. The number of carbonyl (C=O) groups is 3. The van der Waals surface area contributed by atoms with E-state index in [4.69, 9.17) is 14.2 Å². The maximum absolute atomic E-state index is 13.6. The average molecular weight is 427 g/mol. The molecule has 3 rings (SSSR count). The number of carbonyl (C=O) groups excluding carboxylic acids is 3. The SMILES string of the molecule is CCCOC(=O)C1=C(C)NC2=C(C(=O)[C@H](C(=O)OC)[C@@H](C)C2)[C@H]1c1ccccc1OC. The van der Waals surface area contributed by atoms with Crippen molar-refractivity contribution in [2.45, 2.75) is 39.5 Å². The van der Waals surface area contributed by atoms with Crippen LogP contribution in [0.3, 0.4) is 0 Å². The van der Waals surface area contributed by atoms with Gasteiger partial charge < -0.3 is 19.5 Å². The molecular formula is C24H29NO6. The van der Waals surface area contributed by atoms with Gasteiger partial charge in [-0.2, -0.15) is 0 Å². The van der Waals surface area contributed by atoms with E-state index in [1.807, 2.05) is 32.0 Å². The van der Waals surface area contributed by atoms with Gasteiger partial charge in [0.15, 0.2) is 5.78 Å². The predicted molar refractivity (Wildman–Crippen MR) is 114 cm³/mol. The van der Waals surface area contributed by atoms with Crippen LogP contribution in [-0.2, 0) is 23.9 Å². The summed E-state index contributed by atoms with van der Waals surface area (Å²) in [5.41, 5.74) is 2.77. The molecule has 7 heteroatoms. The van der Waals surface area contributed by atoms with E-state index in [2.05, 4.69) is 5.32 Å². The molecule has 0 fully saturated rings. The monoisotopic (exact) mass is 427 g/mol. The molecule has 0 spiro atoms. The Morgan fingerprint density at radius 1 is 1.19 bits per heavy atom. The second-order valence-corrected chi connectivity index (χ2v) is 7.91. The third-order valence-electron chi connectivity index (χ3n) is 5.85. The lowest BCUT2D eigenvalue weighted by atomic mass is 9.69. The van der Waals surface area contributed by atoms with Gasteiger partial charge >= 0.3 is 11.9 Å². The molecule has 0 bridgehead atoms. The molecule has 1 aromatic rings. The number of benzene rings is 1. The van der Waals surface area contributed by atoms with Crippen LogP contribution >= 0.6 is 0 Å². The zero-order chi connectivity index (χ0) is 22.7. The van der Waals surface area contributed by atoms with E-state index in [1.165, 1.54) is 7.11 Å². The number of rotatable bonds is 6. The highest BCUT2D eigenvalue weighted by molar-refractivity contribution is 6.12. The minimum atomic E-state index is -0.922. The molecule has 31 heavy (non-hydrogen) atoms. The van der Waals surface area contributed by atoms with Gasteiger partial charge in [0.2, 0.25) is 0 Å². The standard InChI is InChI=1S/C24H29NO6/c1-6-11-31-24(28)19-14(3)25-16-12-13(2)18(23(27)30-5)22(26)21(16)20(19)15-9-7-8-10-17(15)29-4/h7-10,13,18,20,25H,6,11-12H2,1-5H3/t13-,18+,20-/m0/s1. The molecule has 0 radical (unpaired) electrons. The van der Waals surface area contributed by atoms with E-state index in [0.29, 0.717) is 41.0 Å². The summed E-state index contributed by atoms with van der Waals surface area (Å²) < 4.78 is 15.9. The van der Waals surface area contributed by atoms with Gasteiger partial charge in [0, 0.05) is 22.5 Å². The lowest BCUT2D eigenvalue weighted by molar-refractivity contribution is -0.151. The number of para-hydroxylation sites is 1. The number of Topliss-reactive ketones (excluding diaryl/α,β-unsaturated/α-hetero) is 1. The fourth-order valence-corrected chi connectivity index (χ4v) is 4.44. The zero-order valence-electron chi connectivity index (χ0n) is 18.6. The number of ether oxygens (including phenoxy) is 3. The molecule has 0 aromatic heterocycles. The Labute approximate surface area is 182 Å². The van der Waals surface area contributed by atoms with E-state index in [-0.39, 0.29) is 18.3 Å². The molecule has 7 nitrogen and oxygen atoms in total. The minimum absolute atomic E-state index is 0.231. The number of allylic oxidation sites excluding steroid dienone is 3. The van der Waals surface area contributed by atoms with Crippen molar-refractivity contribution in [2.75, 3.05) is 20.8 Å². The number of esters is 2. The van der Waals surface area contributed by atoms with Gasteiger partial charge in [-0.15, -0.1) is 0 Å². The summed E-state index contributed by atoms with van der Waals surface area (Å²) in [5, 5.41) is 3.25. The molecule has 1 aliphatic carbocycles. The first kappa shape index (κ1) is 22.6. The van der Waals surface area contributed by atoms with Crippen molar-refractivity contribution in [3.8, 4) is 5.75 Å². The van der Waals surface area contributed by atoms with E-state index in [1.54, 1.807) is 20.1 Å². The smallest absolute Gasteiger partial charge is 0.336 e. The van der Waals surface area contributed by atoms with Crippen molar-refractivity contribution in [2.24, 2.45) is 11.8 Å². The number of dihydropyridines is 1. The summed E-state index contributed by atoms with van der Waals surface area (Å²) in [4.78, 5) is 39.1. The van der Waals surface area contributed by atoms with Gasteiger partial charge in [-0.25, -0.2) is 4.79 Å². The van der Waals surface area contributed by atoms with Crippen molar-refractivity contribution in [1.82, 2.24) is 5.32 Å². The highest BCUT2D eigenvalue weighted by atomic mass is 16.5. The molecule has 0 saturated heterocycles. The first-order valence-corrected chi connectivity index (χ1v) is 10.5. The molecule has 1 heterocycles. The normalized spacial score (nSPS) is 23.1. The molecule has 1 N–H and O–H groups in total. The molecule has 0 amide bonds. The molecule has 2 aliphatic rings. The zero-order valence-corrected chi connectivity index (χ0v) is 18.6. The maximum Gasteiger partial charge on any atom is 0.336 e. The number of hydrogen-bond acceptors (Lipinski definition) is 7. The molecule has 0 saturated carbocycles. The molecular weight excluding hydrogens is 398 g/mol. The summed E-state index contributed by atoms with van der Waals surface area (Å²) in [7, 11) is 2.82. The second-order valence-electron chi connectivity index (χ2n) is 7.91. The van der Waals surface area contributed by atoms with Crippen molar-refractivity contribution in [3.63, 3.8) is 0 Å². The first-order chi connectivity index (χ1) is 14.8. The minimum Gasteiger partial charge on any atom is -0.496 e. The van der Waals surface area contributed by atoms with E-state index >= 15 is 0 Å². The van der Waals surface area contributed by atoms with Crippen molar-refractivity contribution >= 4 is 17.7 Å². The van der Waals surface area contributed by atoms with Crippen LogP contribution in [-0.4, -0.2) is 38.5 Å². The topological polar surface area (TPSA) is 90.9 Å². The fourth-order valence-electron chi connectivity index (χ4n) is 4.44. The fraction of sp³-hybridized carbons (Fsp3) is 0.458. The largest absolute Gasteiger partial charge is 0.496 e. The lowest BCUT2D eigenvalue weighted by Gasteiger charge is -2.38. The summed E-state index contributed by atoms with van der Waals surface area (Å²) in [6, 6.07) is 7.28. The van der Waals surface area contributed by atoms with Crippen LogP contribution < -0.4 is 10.1 Å². The highest BCUT2D eigenvalue weighted by Crippen LogP contribution is 2.47. The maximum atomic E-state index is 13.6. The quantitative estimate of drug-likeness (QED) is 0.550. The van der Waals surface area contributed by atoms with Gasteiger partial charge in [0.1, 0.15) is 11.7 Å². The second kappa shape index (κ2) is 9.37. The van der Waals surface area contributed by atoms with Gasteiger partial charge in [-0.1, -0.05) is 32.0 Å². The Balaban J connectivity index is 2.20. The Morgan fingerprint density at radius 3 is 2.55 bits per heavy atom. The number of ketones is 1. The number of hydrogen-bond donors (Lipinski definition) is 1. The van der Waals surface area contributed by atoms with E-state index in [9.17, 15) is 14.4 Å². The third-order valence-corrected chi connectivity index (χ3v) is 5.85. The Kier molecular flexibility index (Phi) is 6.83. The van der Waals surface area contributed by atoms with Crippen LogP contribution in [0, 0.1) is 11.8 Å². The van der Waals surface area contributed by atoms with Crippen LogP contribution in [0.4, 0.5) is 0 Å². The molecule has 0 unspecified atom stereocenters. The first-order valence-electron chi connectivity index (χ1n) is 10.5. The van der Waals surface area contributed by atoms with Gasteiger partial charge in [-0.3, -0.25) is 9.59 Å².